The van der Waals surface area contributed by atoms with E-state index in [4.69, 9.17) is 4.42 Å². The van der Waals surface area contributed by atoms with Crippen molar-refractivity contribution >= 4 is 16.6 Å². The lowest BCUT2D eigenvalue weighted by molar-refractivity contribution is -0.117. The van der Waals surface area contributed by atoms with Gasteiger partial charge >= 0.3 is 5.63 Å². The van der Waals surface area contributed by atoms with E-state index in [-0.39, 0.29) is 23.7 Å². The summed E-state index contributed by atoms with van der Waals surface area (Å²) in [5, 5.41) is 11.3. The molecule has 0 saturated heterocycles. The zero-order valence-electron chi connectivity index (χ0n) is 12.7. The molecule has 4 nitrogen and oxygen atoms in total. The fourth-order valence-corrected chi connectivity index (χ4v) is 2.77. The van der Waals surface area contributed by atoms with Crippen LogP contribution in [-0.4, -0.2) is 10.9 Å². The normalized spacial score (nSPS) is 12.2. The standard InChI is InChI=1S/C19H16O4/c1-12(20)11-16(13-7-3-2-4-8-13)18-17(21)14-9-5-6-10-15(14)19(22)23-18/h2-10,16,21H,11H2,1H3. The van der Waals surface area contributed by atoms with Crippen molar-refractivity contribution in [3.8, 4) is 5.75 Å². The Hall–Kier alpha value is -2.88. The highest BCUT2D eigenvalue weighted by Gasteiger charge is 2.24. The molecule has 1 atom stereocenters. The van der Waals surface area contributed by atoms with Crippen LogP contribution in [0.2, 0.25) is 0 Å². The first-order valence-corrected chi connectivity index (χ1v) is 7.37. The first kappa shape index (κ1) is 15.0. The molecule has 3 aromatic rings. The zero-order chi connectivity index (χ0) is 16.4. The fraction of sp³-hybridized carbons (Fsp3) is 0.158. The second kappa shape index (κ2) is 6.08. The van der Waals surface area contributed by atoms with Crippen LogP contribution in [0.4, 0.5) is 0 Å². The SMILES string of the molecule is CC(=O)CC(c1ccccc1)c1oc(=O)c2ccccc2c1O. The van der Waals surface area contributed by atoms with Crippen molar-refractivity contribution in [1.29, 1.82) is 0 Å². The lowest BCUT2D eigenvalue weighted by Crippen LogP contribution is -2.11. The Morgan fingerprint density at radius 3 is 2.30 bits per heavy atom. The molecule has 23 heavy (non-hydrogen) atoms. The number of aromatic hydroxyl groups is 1. The molecule has 0 aliphatic heterocycles. The molecule has 0 radical (unpaired) electrons. The van der Waals surface area contributed by atoms with E-state index < -0.39 is 11.5 Å². The number of fused-ring (bicyclic) bond motifs is 1. The Morgan fingerprint density at radius 1 is 1.04 bits per heavy atom. The van der Waals surface area contributed by atoms with Crippen molar-refractivity contribution in [2.45, 2.75) is 19.3 Å². The third-order valence-electron chi connectivity index (χ3n) is 3.85. The number of benzene rings is 2. The minimum absolute atomic E-state index is 0.0472. The van der Waals surface area contributed by atoms with Crippen LogP contribution in [0.25, 0.3) is 10.8 Å². The number of hydrogen-bond acceptors (Lipinski definition) is 4. The number of ketones is 1. The van der Waals surface area contributed by atoms with E-state index >= 15 is 0 Å². The monoisotopic (exact) mass is 308 g/mol. The molecule has 1 heterocycles. The van der Waals surface area contributed by atoms with Crippen LogP contribution in [0.3, 0.4) is 0 Å². The van der Waals surface area contributed by atoms with E-state index in [1.165, 1.54) is 6.92 Å². The van der Waals surface area contributed by atoms with Gasteiger partial charge < -0.3 is 9.52 Å². The number of hydrogen-bond donors (Lipinski definition) is 1. The van der Waals surface area contributed by atoms with Gasteiger partial charge in [0.15, 0.2) is 11.5 Å². The predicted molar refractivity (Wildman–Crippen MR) is 87.7 cm³/mol. The van der Waals surface area contributed by atoms with Gasteiger partial charge in [0, 0.05) is 11.8 Å². The first-order valence-electron chi connectivity index (χ1n) is 7.37. The summed E-state index contributed by atoms with van der Waals surface area (Å²) in [5.41, 5.74) is 0.300. The summed E-state index contributed by atoms with van der Waals surface area (Å²) in [7, 11) is 0. The highest BCUT2D eigenvalue weighted by molar-refractivity contribution is 5.88. The maximum Gasteiger partial charge on any atom is 0.344 e. The molecular weight excluding hydrogens is 292 g/mol. The predicted octanol–water partition coefficient (Wildman–Crippen LogP) is 3.61. The summed E-state index contributed by atoms with van der Waals surface area (Å²) in [4.78, 5) is 23.9. The van der Waals surface area contributed by atoms with E-state index in [1.807, 2.05) is 30.3 Å². The topological polar surface area (TPSA) is 67.5 Å². The molecule has 0 bridgehead atoms. The Morgan fingerprint density at radius 2 is 1.65 bits per heavy atom. The largest absolute Gasteiger partial charge is 0.504 e. The van der Waals surface area contributed by atoms with E-state index in [0.29, 0.717) is 10.8 Å². The molecule has 1 N–H and O–H groups in total. The molecule has 0 aliphatic rings. The van der Waals surface area contributed by atoms with Crippen LogP contribution in [0, 0.1) is 0 Å². The lowest BCUT2D eigenvalue weighted by Gasteiger charge is -2.17. The second-order valence-corrected chi connectivity index (χ2v) is 5.52. The maximum absolute atomic E-state index is 12.2. The summed E-state index contributed by atoms with van der Waals surface area (Å²) in [6.45, 7) is 1.48. The Kier molecular flexibility index (Phi) is 3.98. The third kappa shape index (κ3) is 2.88. The summed E-state index contributed by atoms with van der Waals surface area (Å²) >= 11 is 0. The van der Waals surface area contributed by atoms with Crippen molar-refractivity contribution in [3.05, 3.63) is 76.3 Å². The summed E-state index contributed by atoms with van der Waals surface area (Å²) in [6, 6.07) is 16.0. The molecule has 0 fully saturated rings. The van der Waals surface area contributed by atoms with Gasteiger partial charge in [0.05, 0.1) is 11.3 Å². The zero-order valence-corrected chi connectivity index (χ0v) is 12.7. The molecule has 0 aliphatic carbocycles. The Labute approximate surface area is 133 Å². The summed E-state index contributed by atoms with van der Waals surface area (Å²) in [6.07, 6.45) is 0.152. The van der Waals surface area contributed by atoms with Crippen molar-refractivity contribution in [2.75, 3.05) is 0 Å². The van der Waals surface area contributed by atoms with Crippen molar-refractivity contribution in [1.82, 2.24) is 0 Å². The van der Waals surface area contributed by atoms with Crippen LogP contribution >= 0.6 is 0 Å². The maximum atomic E-state index is 12.2. The molecule has 2 aromatic carbocycles. The van der Waals surface area contributed by atoms with Gasteiger partial charge in [-0.2, -0.15) is 0 Å². The average molecular weight is 308 g/mol. The van der Waals surface area contributed by atoms with Crippen LogP contribution in [-0.2, 0) is 4.79 Å². The third-order valence-corrected chi connectivity index (χ3v) is 3.85. The Balaban J connectivity index is 2.24. The highest BCUT2D eigenvalue weighted by Crippen LogP contribution is 2.36. The van der Waals surface area contributed by atoms with Crippen LogP contribution < -0.4 is 5.63 Å². The minimum atomic E-state index is -0.516. The molecule has 0 amide bonds. The van der Waals surface area contributed by atoms with Crippen LogP contribution in [0.1, 0.15) is 30.6 Å². The number of carbonyl (C=O) groups excluding carboxylic acids is 1. The molecule has 116 valence electrons. The molecular formula is C19H16O4. The van der Waals surface area contributed by atoms with Crippen molar-refractivity contribution in [3.63, 3.8) is 0 Å². The van der Waals surface area contributed by atoms with Gasteiger partial charge in [-0.3, -0.25) is 4.79 Å². The van der Waals surface area contributed by atoms with Crippen molar-refractivity contribution < 1.29 is 14.3 Å². The quantitative estimate of drug-likeness (QED) is 0.799. The van der Waals surface area contributed by atoms with Gasteiger partial charge in [-0.05, 0) is 18.6 Å². The first-order chi connectivity index (χ1) is 11.1. The van der Waals surface area contributed by atoms with Crippen molar-refractivity contribution in [2.24, 2.45) is 0 Å². The number of Topliss-reactive ketones (excluding diaryl/α,β-unsaturated/α-hetero) is 1. The van der Waals surface area contributed by atoms with Gasteiger partial charge in [-0.1, -0.05) is 48.5 Å². The Bertz CT molecular complexity index is 910. The molecule has 3 rings (SSSR count). The summed E-state index contributed by atoms with van der Waals surface area (Å²) in [5.74, 6) is -0.495. The second-order valence-electron chi connectivity index (χ2n) is 5.52. The van der Waals surface area contributed by atoms with Gasteiger partial charge in [0.25, 0.3) is 0 Å². The van der Waals surface area contributed by atoms with E-state index in [9.17, 15) is 14.7 Å². The van der Waals surface area contributed by atoms with Gasteiger partial charge in [-0.25, -0.2) is 4.79 Å². The van der Waals surface area contributed by atoms with E-state index in [0.717, 1.165) is 5.56 Å². The van der Waals surface area contributed by atoms with Gasteiger partial charge in [0.1, 0.15) is 5.78 Å². The highest BCUT2D eigenvalue weighted by atomic mass is 16.4. The van der Waals surface area contributed by atoms with Crippen LogP contribution in [0.15, 0.2) is 63.8 Å². The molecule has 0 spiro atoms. The molecule has 1 aromatic heterocycles. The van der Waals surface area contributed by atoms with E-state index in [2.05, 4.69) is 0 Å². The molecule has 0 saturated carbocycles. The van der Waals surface area contributed by atoms with Gasteiger partial charge in [-0.15, -0.1) is 0 Å². The van der Waals surface area contributed by atoms with Crippen LogP contribution in [0.5, 0.6) is 5.75 Å². The van der Waals surface area contributed by atoms with E-state index in [1.54, 1.807) is 24.3 Å². The lowest BCUT2D eigenvalue weighted by atomic mass is 9.90. The number of carbonyl (C=O) groups is 1. The number of rotatable bonds is 4. The fourth-order valence-electron chi connectivity index (χ4n) is 2.77. The minimum Gasteiger partial charge on any atom is -0.504 e. The molecule has 1 unspecified atom stereocenters. The molecule has 4 heteroatoms. The average Bonchev–Trinajstić information content (AvgIpc) is 2.57. The smallest absolute Gasteiger partial charge is 0.344 e. The van der Waals surface area contributed by atoms with Gasteiger partial charge in [0.2, 0.25) is 0 Å². The summed E-state index contributed by atoms with van der Waals surface area (Å²) < 4.78 is 5.38.